The molecule has 1 aromatic carbocycles. The molecular formula is C15H22ClNO3. The number of halogens is 1. The lowest BCUT2D eigenvalue weighted by molar-refractivity contribution is -0.149. The highest BCUT2D eigenvalue weighted by atomic mass is 35.5. The third-order valence-corrected chi connectivity index (χ3v) is 2.83. The van der Waals surface area contributed by atoms with E-state index in [4.69, 9.17) is 21.1 Å². The number of rotatable bonds is 7. The summed E-state index contributed by atoms with van der Waals surface area (Å²) in [6.07, 6.45) is -0.146. The first-order chi connectivity index (χ1) is 9.40. The first-order valence-corrected chi connectivity index (χ1v) is 7.11. The van der Waals surface area contributed by atoms with Crippen LogP contribution in [0.15, 0.2) is 18.2 Å². The maximum atomic E-state index is 11.5. The zero-order chi connectivity index (χ0) is 15.1. The quantitative estimate of drug-likeness (QED) is 0.786. The van der Waals surface area contributed by atoms with Crippen LogP contribution in [0, 0.1) is 0 Å². The van der Waals surface area contributed by atoms with Crippen molar-refractivity contribution in [3.05, 3.63) is 28.8 Å². The zero-order valence-electron chi connectivity index (χ0n) is 12.4. The molecule has 0 saturated carbocycles. The Balaban J connectivity index is 2.69. The van der Waals surface area contributed by atoms with Crippen molar-refractivity contribution < 1.29 is 14.3 Å². The SMILES string of the molecule is CC(C)NCc1c(Cl)cccc1OCC(=O)OC(C)C. The molecule has 0 unspecified atom stereocenters. The van der Waals surface area contributed by atoms with Gasteiger partial charge in [-0.1, -0.05) is 31.5 Å². The summed E-state index contributed by atoms with van der Waals surface area (Å²) in [6, 6.07) is 5.74. The predicted molar refractivity (Wildman–Crippen MR) is 80.2 cm³/mol. The lowest BCUT2D eigenvalue weighted by atomic mass is 10.2. The smallest absolute Gasteiger partial charge is 0.344 e. The van der Waals surface area contributed by atoms with Gasteiger partial charge in [0.05, 0.1) is 6.10 Å². The number of nitrogens with one attached hydrogen (secondary N) is 1. The van der Waals surface area contributed by atoms with Gasteiger partial charge in [-0.15, -0.1) is 0 Å². The highest BCUT2D eigenvalue weighted by Crippen LogP contribution is 2.26. The molecular weight excluding hydrogens is 278 g/mol. The van der Waals surface area contributed by atoms with Crippen LogP contribution in [0.2, 0.25) is 5.02 Å². The van der Waals surface area contributed by atoms with Crippen LogP contribution < -0.4 is 10.1 Å². The van der Waals surface area contributed by atoms with Gasteiger partial charge < -0.3 is 14.8 Å². The van der Waals surface area contributed by atoms with Gasteiger partial charge >= 0.3 is 5.97 Å². The number of benzene rings is 1. The second-order valence-corrected chi connectivity index (χ2v) is 5.49. The molecule has 0 radical (unpaired) electrons. The molecule has 0 aliphatic rings. The van der Waals surface area contributed by atoms with E-state index in [9.17, 15) is 4.79 Å². The Labute approximate surface area is 125 Å². The molecule has 0 bridgehead atoms. The zero-order valence-corrected chi connectivity index (χ0v) is 13.2. The summed E-state index contributed by atoms with van der Waals surface area (Å²) in [7, 11) is 0. The van der Waals surface area contributed by atoms with Crippen molar-refractivity contribution in [3.63, 3.8) is 0 Å². The maximum Gasteiger partial charge on any atom is 0.344 e. The first-order valence-electron chi connectivity index (χ1n) is 6.73. The minimum atomic E-state index is -0.386. The Hall–Kier alpha value is -1.26. The van der Waals surface area contributed by atoms with Crippen LogP contribution in [0.1, 0.15) is 33.3 Å². The van der Waals surface area contributed by atoms with Crippen molar-refractivity contribution in [2.45, 2.75) is 46.4 Å². The number of hydrogen-bond acceptors (Lipinski definition) is 4. The molecule has 1 N–H and O–H groups in total. The topological polar surface area (TPSA) is 47.6 Å². The van der Waals surface area contributed by atoms with Gasteiger partial charge in [0.25, 0.3) is 0 Å². The largest absolute Gasteiger partial charge is 0.482 e. The summed E-state index contributed by atoms with van der Waals surface area (Å²) in [5, 5.41) is 3.90. The van der Waals surface area contributed by atoms with Gasteiger partial charge in [-0.05, 0) is 26.0 Å². The van der Waals surface area contributed by atoms with E-state index in [1.54, 1.807) is 32.0 Å². The Morgan fingerprint density at radius 1 is 1.30 bits per heavy atom. The molecule has 0 aliphatic heterocycles. The van der Waals surface area contributed by atoms with E-state index in [0.717, 1.165) is 5.56 Å². The standard InChI is InChI=1S/C15H22ClNO3/c1-10(2)17-8-12-13(16)6-5-7-14(12)19-9-15(18)20-11(3)4/h5-7,10-11,17H,8-9H2,1-4H3. The Morgan fingerprint density at radius 2 is 2.00 bits per heavy atom. The molecule has 0 fully saturated rings. The van der Waals surface area contributed by atoms with Crippen molar-refractivity contribution in [3.8, 4) is 5.75 Å². The fourth-order valence-corrected chi connectivity index (χ4v) is 1.82. The lowest BCUT2D eigenvalue weighted by Gasteiger charge is -2.15. The van der Waals surface area contributed by atoms with E-state index in [0.29, 0.717) is 23.4 Å². The molecule has 1 aromatic rings. The van der Waals surface area contributed by atoms with Gasteiger partial charge in [0.2, 0.25) is 0 Å². The third kappa shape index (κ3) is 5.80. The molecule has 0 saturated heterocycles. The average Bonchev–Trinajstić information content (AvgIpc) is 2.34. The van der Waals surface area contributed by atoms with Crippen LogP contribution in [0.5, 0.6) is 5.75 Å². The van der Waals surface area contributed by atoms with Gasteiger partial charge in [0.1, 0.15) is 5.75 Å². The molecule has 0 amide bonds. The molecule has 4 nitrogen and oxygen atoms in total. The molecule has 0 atom stereocenters. The van der Waals surface area contributed by atoms with E-state index in [2.05, 4.69) is 19.2 Å². The van der Waals surface area contributed by atoms with Crippen molar-refractivity contribution in [2.24, 2.45) is 0 Å². The highest BCUT2D eigenvalue weighted by Gasteiger charge is 2.12. The molecule has 112 valence electrons. The van der Waals surface area contributed by atoms with Crippen molar-refractivity contribution in [1.82, 2.24) is 5.32 Å². The Morgan fingerprint density at radius 3 is 2.60 bits per heavy atom. The van der Waals surface area contributed by atoms with Gasteiger partial charge in [0, 0.05) is 23.2 Å². The van der Waals surface area contributed by atoms with E-state index >= 15 is 0 Å². The van der Waals surface area contributed by atoms with E-state index in [-0.39, 0.29) is 18.7 Å². The molecule has 1 rings (SSSR count). The second-order valence-electron chi connectivity index (χ2n) is 5.08. The Bertz CT molecular complexity index is 447. The fraction of sp³-hybridized carbons (Fsp3) is 0.533. The summed E-state index contributed by atoms with van der Waals surface area (Å²) in [5.74, 6) is 0.217. The van der Waals surface area contributed by atoms with Crippen LogP contribution >= 0.6 is 11.6 Å². The minimum Gasteiger partial charge on any atom is -0.482 e. The van der Waals surface area contributed by atoms with Crippen LogP contribution in [0.25, 0.3) is 0 Å². The average molecular weight is 300 g/mol. The third-order valence-electron chi connectivity index (χ3n) is 2.48. The van der Waals surface area contributed by atoms with Crippen LogP contribution in [0.3, 0.4) is 0 Å². The molecule has 0 spiro atoms. The van der Waals surface area contributed by atoms with E-state index in [1.807, 2.05) is 0 Å². The number of carbonyl (C=O) groups is 1. The van der Waals surface area contributed by atoms with Gasteiger partial charge in [-0.3, -0.25) is 0 Å². The highest BCUT2D eigenvalue weighted by molar-refractivity contribution is 6.31. The summed E-state index contributed by atoms with van der Waals surface area (Å²) in [6.45, 7) is 8.18. The van der Waals surface area contributed by atoms with Crippen molar-refractivity contribution in [1.29, 1.82) is 0 Å². The number of esters is 1. The molecule has 5 heteroatoms. The number of hydrogen-bond donors (Lipinski definition) is 1. The molecule has 0 heterocycles. The van der Waals surface area contributed by atoms with Gasteiger partial charge in [-0.2, -0.15) is 0 Å². The summed E-state index contributed by atoms with van der Waals surface area (Å²) in [4.78, 5) is 11.5. The first kappa shape index (κ1) is 16.8. The summed E-state index contributed by atoms with van der Waals surface area (Å²) < 4.78 is 10.5. The van der Waals surface area contributed by atoms with Crippen LogP contribution in [-0.4, -0.2) is 24.7 Å². The van der Waals surface area contributed by atoms with Gasteiger partial charge in [-0.25, -0.2) is 4.79 Å². The minimum absolute atomic E-state index is 0.118. The summed E-state index contributed by atoms with van der Waals surface area (Å²) in [5.41, 5.74) is 0.847. The van der Waals surface area contributed by atoms with E-state index < -0.39 is 0 Å². The van der Waals surface area contributed by atoms with Crippen LogP contribution in [0.4, 0.5) is 0 Å². The Kier molecular flexibility index (Phi) is 6.82. The maximum absolute atomic E-state index is 11.5. The van der Waals surface area contributed by atoms with Gasteiger partial charge in [0.15, 0.2) is 6.61 Å². The lowest BCUT2D eigenvalue weighted by Crippen LogP contribution is -2.23. The normalized spacial score (nSPS) is 10.9. The molecule has 20 heavy (non-hydrogen) atoms. The van der Waals surface area contributed by atoms with Crippen molar-refractivity contribution in [2.75, 3.05) is 6.61 Å². The fourth-order valence-electron chi connectivity index (χ4n) is 1.59. The predicted octanol–water partition coefficient (Wildman–Crippen LogP) is 3.17. The monoisotopic (exact) mass is 299 g/mol. The van der Waals surface area contributed by atoms with Crippen molar-refractivity contribution >= 4 is 17.6 Å². The molecule has 0 aliphatic carbocycles. The molecule has 0 aromatic heterocycles. The number of carbonyl (C=O) groups excluding carboxylic acids is 1. The second kappa shape index (κ2) is 8.12. The van der Waals surface area contributed by atoms with Crippen LogP contribution in [-0.2, 0) is 16.1 Å². The summed E-state index contributed by atoms with van der Waals surface area (Å²) >= 11 is 6.18. The number of ether oxygens (including phenoxy) is 2. The van der Waals surface area contributed by atoms with E-state index in [1.165, 1.54) is 0 Å².